The molecule has 0 saturated carbocycles. The fourth-order valence-corrected chi connectivity index (χ4v) is 2.29. The first-order valence-electron chi connectivity index (χ1n) is 6.52. The number of halogens is 1. The highest BCUT2D eigenvalue weighted by molar-refractivity contribution is 9.10. The number of rotatable bonds is 4. The average molecular weight is 347 g/mol. The summed E-state index contributed by atoms with van der Waals surface area (Å²) in [6.45, 7) is 1.95. The number of nitrogens with one attached hydrogen (secondary N) is 1. The number of carbonyl (C=O) groups excluding carboxylic acids is 1. The van der Waals surface area contributed by atoms with E-state index in [1.54, 1.807) is 42.5 Å². The van der Waals surface area contributed by atoms with Crippen LogP contribution in [0.15, 0.2) is 58.1 Å². The summed E-state index contributed by atoms with van der Waals surface area (Å²) >= 11 is 3.34. The maximum Gasteiger partial charge on any atom is 0.272 e. The molecule has 0 aliphatic rings. The van der Waals surface area contributed by atoms with Gasteiger partial charge in [-0.2, -0.15) is 5.10 Å². The molecule has 0 aliphatic heterocycles. The lowest BCUT2D eigenvalue weighted by molar-refractivity contribution is 0.0954. The van der Waals surface area contributed by atoms with Crippen molar-refractivity contribution < 1.29 is 9.90 Å². The Hall–Kier alpha value is -2.14. The molecule has 0 fully saturated rings. The van der Waals surface area contributed by atoms with Crippen molar-refractivity contribution in [2.45, 2.75) is 13.3 Å². The minimum absolute atomic E-state index is 0.200. The van der Waals surface area contributed by atoms with Crippen molar-refractivity contribution in [1.82, 2.24) is 5.43 Å². The number of phenolic OH excluding ortho intramolecular Hbond substituents is 1. The Bertz CT molecular complexity index is 666. The molecule has 2 N–H and O–H groups in total. The van der Waals surface area contributed by atoms with Crippen LogP contribution >= 0.6 is 15.9 Å². The van der Waals surface area contributed by atoms with E-state index in [1.165, 1.54) is 0 Å². The fourth-order valence-electron chi connectivity index (χ4n) is 1.83. The van der Waals surface area contributed by atoms with Gasteiger partial charge in [-0.3, -0.25) is 4.79 Å². The van der Waals surface area contributed by atoms with Gasteiger partial charge in [0.2, 0.25) is 0 Å². The summed E-state index contributed by atoms with van der Waals surface area (Å²) in [7, 11) is 0. The summed E-state index contributed by atoms with van der Waals surface area (Å²) in [6.07, 6.45) is 0.668. The van der Waals surface area contributed by atoms with Crippen LogP contribution in [0.1, 0.15) is 29.3 Å². The Kier molecular flexibility index (Phi) is 5.11. The molecule has 0 aromatic heterocycles. The van der Waals surface area contributed by atoms with Crippen LogP contribution in [-0.4, -0.2) is 16.7 Å². The average Bonchev–Trinajstić information content (AvgIpc) is 2.49. The zero-order valence-electron chi connectivity index (χ0n) is 11.5. The van der Waals surface area contributed by atoms with Gasteiger partial charge in [-0.05, 0) is 64.3 Å². The zero-order chi connectivity index (χ0) is 15.2. The number of hydrogen-bond acceptors (Lipinski definition) is 3. The second-order valence-electron chi connectivity index (χ2n) is 4.38. The zero-order valence-corrected chi connectivity index (χ0v) is 13.1. The highest BCUT2D eigenvalue weighted by Crippen LogP contribution is 2.16. The van der Waals surface area contributed by atoms with Gasteiger partial charge in [0.1, 0.15) is 5.75 Å². The second-order valence-corrected chi connectivity index (χ2v) is 5.23. The van der Waals surface area contributed by atoms with Crippen LogP contribution in [-0.2, 0) is 0 Å². The van der Waals surface area contributed by atoms with Gasteiger partial charge >= 0.3 is 0 Å². The predicted octanol–water partition coefficient (Wildman–Crippen LogP) is 3.70. The Labute approximate surface area is 131 Å². The van der Waals surface area contributed by atoms with Gasteiger partial charge in [-0.25, -0.2) is 5.43 Å². The van der Waals surface area contributed by atoms with E-state index in [9.17, 15) is 9.90 Å². The van der Waals surface area contributed by atoms with Crippen LogP contribution < -0.4 is 5.43 Å². The van der Waals surface area contributed by atoms with Crippen molar-refractivity contribution in [2.24, 2.45) is 5.10 Å². The summed E-state index contributed by atoms with van der Waals surface area (Å²) < 4.78 is 0.723. The largest absolute Gasteiger partial charge is 0.508 e. The molecule has 0 heterocycles. The van der Waals surface area contributed by atoms with Crippen LogP contribution in [0, 0.1) is 0 Å². The third-order valence-corrected chi connectivity index (χ3v) is 3.64. The molecule has 0 saturated heterocycles. The van der Waals surface area contributed by atoms with Crippen LogP contribution in [0.25, 0.3) is 0 Å². The van der Waals surface area contributed by atoms with Gasteiger partial charge in [0, 0.05) is 4.47 Å². The van der Waals surface area contributed by atoms with Gasteiger partial charge in [-0.1, -0.05) is 19.1 Å². The van der Waals surface area contributed by atoms with Gasteiger partial charge in [-0.15, -0.1) is 0 Å². The number of amides is 1. The molecule has 0 aliphatic carbocycles. The maximum atomic E-state index is 12.1. The van der Waals surface area contributed by atoms with E-state index < -0.39 is 0 Å². The van der Waals surface area contributed by atoms with Gasteiger partial charge in [0.05, 0.1) is 11.3 Å². The third kappa shape index (κ3) is 3.92. The van der Waals surface area contributed by atoms with Crippen molar-refractivity contribution in [2.75, 3.05) is 0 Å². The molecule has 0 atom stereocenters. The molecule has 21 heavy (non-hydrogen) atoms. The van der Waals surface area contributed by atoms with E-state index in [0.717, 1.165) is 15.7 Å². The number of benzene rings is 2. The van der Waals surface area contributed by atoms with Gasteiger partial charge < -0.3 is 5.11 Å². The molecule has 1 amide bonds. The van der Waals surface area contributed by atoms with Crippen molar-refractivity contribution in [3.8, 4) is 5.75 Å². The summed E-state index contributed by atoms with van der Waals surface area (Å²) in [5.41, 5.74) is 4.70. The summed E-state index contributed by atoms with van der Waals surface area (Å²) in [6, 6.07) is 13.9. The number of hydrazone groups is 1. The first-order valence-corrected chi connectivity index (χ1v) is 7.32. The summed E-state index contributed by atoms with van der Waals surface area (Å²) in [5, 5.41) is 13.5. The molecule has 2 rings (SSSR count). The topological polar surface area (TPSA) is 61.7 Å². The standard InChI is InChI=1S/C16H15BrN2O2/c1-2-15(11-7-9-12(20)10-8-11)18-19-16(21)13-5-3-4-6-14(13)17/h3-10,20H,2H2,1H3,(H,19,21)/b18-15-. The summed E-state index contributed by atoms with van der Waals surface area (Å²) in [4.78, 5) is 12.1. The number of hydrogen-bond donors (Lipinski definition) is 2. The van der Waals surface area contributed by atoms with E-state index >= 15 is 0 Å². The van der Waals surface area contributed by atoms with E-state index in [2.05, 4.69) is 26.5 Å². The molecule has 0 bridgehead atoms. The lowest BCUT2D eigenvalue weighted by Crippen LogP contribution is -2.20. The molecule has 0 spiro atoms. The highest BCUT2D eigenvalue weighted by atomic mass is 79.9. The van der Waals surface area contributed by atoms with E-state index in [-0.39, 0.29) is 11.7 Å². The SMILES string of the molecule is CC/C(=N/NC(=O)c1ccccc1Br)c1ccc(O)cc1. The minimum Gasteiger partial charge on any atom is -0.508 e. The van der Waals surface area contributed by atoms with Crippen LogP contribution in [0.5, 0.6) is 5.75 Å². The molecule has 108 valence electrons. The number of nitrogens with zero attached hydrogens (tertiary/aromatic N) is 1. The predicted molar refractivity (Wildman–Crippen MR) is 86.5 cm³/mol. The molecule has 0 unspecified atom stereocenters. The number of phenols is 1. The molecular formula is C16H15BrN2O2. The second kappa shape index (κ2) is 7.04. The normalized spacial score (nSPS) is 11.2. The lowest BCUT2D eigenvalue weighted by Gasteiger charge is -2.06. The van der Waals surface area contributed by atoms with E-state index in [4.69, 9.17) is 0 Å². The highest BCUT2D eigenvalue weighted by Gasteiger charge is 2.09. The van der Waals surface area contributed by atoms with Crippen LogP contribution in [0.2, 0.25) is 0 Å². The molecule has 2 aromatic carbocycles. The fraction of sp³-hybridized carbons (Fsp3) is 0.125. The van der Waals surface area contributed by atoms with Crippen molar-refractivity contribution in [3.63, 3.8) is 0 Å². The maximum absolute atomic E-state index is 12.1. The molecule has 2 aromatic rings. The van der Waals surface area contributed by atoms with Crippen LogP contribution in [0.4, 0.5) is 0 Å². The first kappa shape index (κ1) is 15.3. The van der Waals surface area contributed by atoms with Crippen molar-refractivity contribution in [3.05, 3.63) is 64.1 Å². The summed E-state index contributed by atoms with van der Waals surface area (Å²) in [5.74, 6) is -0.0707. The molecule has 4 nitrogen and oxygen atoms in total. The van der Waals surface area contributed by atoms with Crippen molar-refractivity contribution >= 4 is 27.5 Å². The number of aromatic hydroxyl groups is 1. The Morgan fingerprint density at radius 3 is 2.48 bits per heavy atom. The van der Waals surface area contributed by atoms with E-state index in [1.807, 2.05) is 13.0 Å². The van der Waals surface area contributed by atoms with E-state index in [0.29, 0.717) is 12.0 Å². The van der Waals surface area contributed by atoms with Gasteiger partial charge in [0.25, 0.3) is 5.91 Å². The molecular weight excluding hydrogens is 332 g/mol. The lowest BCUT2D eigenvalue weighted by atomic mass is 10.1. The van der Waals surface area contributed by atoms with Crippen molar-refractivity contribution in [1.29, 1.82) is 0 Å². The molecule has 0 radical (unpaired) electrons. The quantitative estimate of drug-likeness (QED) is 0.654. The van der Waals surface area contributed by atoms with Crippen LogP contribution in [0.3, 0.4) is 0 Å². The van der Waals surface area contributed by atoms with Gasteiger partial charge in [0.15, 0.2) is 0 Å². The number of carbonyl (C=O) groups is 1. The smallest absolute Gasteiger partial charge is 0.272 e. The molecule has 5 heteroatoms. The minimum atomic E-state index is -0.271. The Morgan fingerprint density at radius 2 is 1.86 bits per heavy atom. The third-order valence-electron chi connectivity index (χ3n) is 2.95. The monoisotopic (exact) mass is 346 g/mol. The Balaban J connectivity index is 2.16. The Morgan fingerprint density at radius 1 is 1.19 bits per heavy atom. The first-order chi connectivity index (χ1) is 10.1.